The van der Waals surface area contributed by atoms with Crippen molar-refractivity contribution in [2.75, 3.05) is 4.90 Å². The highest BCUT2D eigenvalue weighted by atomic mass is 79.9. The van der Waals surface area contributed by atoms with E-state index in [-0.39, 0.29) is 23.0 Å². The highest BCUT2D eigenvalue weighted by Crippen LogP contribution is 2.61. The van der Waals surface area contributed by atoms with Crippen LogP contribution in [0.15, 0.2) is 108 Å². The summed E-state index contributed by atoms with van der Waals surface area (Å²) in [6.45, 7) is 0. The van der Waals surface area contributed by atoms with Crippen LogP contribution < -0.4 is 4.90 Å². The van der Waals surface area contributed by atoms with E-state index in [0.717, 1.165) is 10.0 Å². The first-order chi connectivity index (χ1) is 19.8. The van der Waals surface area contributed by atoms with Gasteiger partial charge in [0.1, 0.15) is 11.5 Å². The van der Waals surface area contributed by atoms with E-state index in [1.807, 2.05) is 41.3 Å². The quantitative estimate of drug-likeness (QED) is 0.112. The van der Waals surface area contributed by atoms with Crippen LogP contribution in [0.25, 0.3) is 6.08 Å². The van der Waals surface area contributed by atoms with E-state index in [9.17, 15) is 24.5 Å². The molecule has 7 rings (SSSR count). The van der Waals surface area contributed by atoms with E-state index < -0.39 is 28.3 Å². The summed E-state index contributed by atoms with van der Waals surface area (Å²) in [5, 5.41) is 11.9. The highest BCUT2D eigenvalue weighted by Gasteiger charge is 2.71. The van der Waals surface area contributed by atoms with Crippen molar-refractivity contribution in [2.45, 2.75) is 18.0 Å². The van der Waals surface area contributed by atoms with Crippen LogP contribution in [0.1, 0.15) is 48.1 Å². The molecule has 0 aromatic heterocycles. The van der Waals surface area contributed by atoms with Crippen LogP contribution in [0, 0.1) is 15.5 Å². The molecule has 200 valence electrons. The van der Waals surface area contributed by atoms with Crippen molar-refractivity contribution in [3.63, 3.8) is 0 Å². The van der Waals surface area contributed by atoms with Gasteiger partial charge in [-0.25, -0.2) is 0 Å². The third-order valence-electron chi connectivity index (χ3n) is 8.53. The molecule has 1 saturated heterocycles. The number of fused-ring (bicyclic) bond motifs is 5. The standard InChI is InChI=1S/C33H21BrN2O5/c34-22-14-15-26-20(17-22)13-16-27-33(31(38)24-11-4-5-12-25(24)32(33)39)28(21-9-6-10-23(18-21)36(40)41)29(35(26)27)30(37)19-7-2-1-3-8-19/h1-18,27-29H. The summed E-state index contributed by atoms with van der Waals surface area (Å²) in [6, 6.07) is 25.3. The molecule has 1 aliphatic carbocycles. The average molecular weight is 605 g/mol. The molecule has 8 heteroatoms. The Labute approximate surface area is 243 Å². The molecule has 0 saturated carbocycles. The van der Waals surface area contributed by atoms with Gasteiger partial charge in [-0.1, -0.05) is 94.8 Å². The monoisotopic (exact) mass is 604 g/mol. The van der Waals surface area contributed by atoms with Gasteiger partial charge in [-0.05, 0) is 29.3 Å². The number of ketones is 3. The van der Waals surface area contributed by atoms with Gasteiger partial charge in [-0.15, -0.1) is 0 Å². The van der Waals surface area contributed by atoms with Gasteiger partial charge in [0.25, 0.3) is 5.69 Å². The number of carbonyl (C=O) groups excluding carboxylic acids is 3. The Kier molecular flexibility index (Phi) is 5.66. The lowest BCUT2D eigenvalue weighted by Crippen LogP contribution is -2.48. The van der Waals surface area contributed by atoms with Crippen LogP contribution in [0.2, 0.25) is 0 Å². The van der Waals surface area contributed by atoms with E-state index in [2.05, 4.69) is 15.9 Å². The largest absolute Gasteiger partial charge is 0.352 e. The maximum absolute atomic E-state index is 14.6. The number of carbonyl (C=O) groups is 3. The third-order valence-corrected chi connectivity index (χ3v) is 9.03. The van der Waals surface area contributed by atoms with Crippen LogP contribution in [0.4, 0.5) is 11.4 Å². The Balaban J connectivity index is 1.57. The molecule has 41 heavy (non-hydrogen) atoms. The molecule has 1 spiro atoms. The van der Waals surface area contributed by atoms with E-state index in [1.165, 1.54) is 12.1 Å². The predicted octanol–water partition coefficient (Wildman–Crippen LogP) is 6.67. The third kappa shape index (κ3) is 3.47. The van der Waals surface area contributed by atoms with Crippen LogP contribution >= 0.6 is 15.9 Å². The lowest BCUT2D eigenvalue weighted by atomic mass is 9.64. The van der Waals surface area contributed by atoms with Gasteiger partial charge in [-0.3, -0.25) is 24.5 Å². The first-order valence-electron chi connectivity index (χ1n) is 13.1. The summed E-state index contributed by atoms with van der Waals surface area (Å²) in [5.41, 5.74) is 1.06. The minimum absolute atomic E-state index is 0.177. The van der Waals surface area contributed by atoms with Gasteiger partial charge >= 0.3 is 0 Å². The van der Waals surface area contributed by atoms with Crippen molar-refractivity contribution in [3.05, 3.63) is 146 Å². The van der Waals surface area contributed by atoms with Crippen molar-refractivity contribution < 1.29 is 19.3 Å². The zero-order chi connectivity index (χ0) is 28.5. The molecule has 4 aromatic rings. The molecule has 0 N–H and O–H groups in total. The van der Waals surface area contributed by atoms with Gasteiger partial charge in [0.2, 0.25) is 0 Å². The summed E-state index contributed by atoms with van der Waals surface area (Å²) in [7, 11) is 0. The second-order valence-electron chi connectivity index (χ2n) is 10.5. The molecule has 4 aromatic carbocycles. The fourth-order valence-electron chi connectivity index (χ4n) is 6.93. The number of non-ortho nitro benzene ring substituents is 1. The number of benzene rings is 4. The summed E-state index contributed by atoms with van der Waals surface area (Å²) >= 11 is 3.52. The second-order valence-corrected chi connectivity index (χ2v) is 11.4. The molecule has 2 heterocycles. The Hall–Kier alpha value is -4.69. The minimum atomic E-state index is -1.71. The number of rotatable bonds is 4. The summed E-state index contributed by atoms with van der Waals surface area (Å²) in [4.78, 5) is 57.1. The lowest BCUT2D eigenvalue weighted by molar-refractivity contribution is -0.384. The van der Waals surface area contributed by atoms with E-state index in [4.69, 9.17) is 0 Å². The SMILES string of the molecule is O=C(c1ccccc1)C1C(c2cccc([N+](=O)[O-])c2)C2(C(=O)c3ccccc3C2=O)C2C=Cc3cc(Br)ccc3N12. The van der Waals surface area contributed by atoms with Gasteiger partial charge in [0.05, 0.1) is 11.0 Å². The molecule has 0 radical (unpaired) electrons. The van der Waals surface area contributed by atoms with Crippen molar-refractivity contribution in [1.82, 2.24) is 0 Å². The number of nitro groups is 1. The first kappa shape index (κ1) is 25.3. The molecule has 2 aliphatic heterocycles. The summed E-state index contributed by atoms with van der Waals surface area (Å²) in [6.07, 6.45) is 3.71. The lowest BCUT2D eigenvalue weighted by Gasteiger charge is -2.37. The topological polar surface area (TPSA) is 97.6 Å². The van der Waals surface area contributed by atoms with Crippen LogP contribution in [-0.2, 0) is 0 Å². The normalized spacial score (nSPS) is 21.5. The van der Waals surface area contributed by atoms with Crippen molar-refractivity contribution in [1.29, 1.82) is 0 Å². The van der Waals surface area contributed by atoms with Crippen molar-refractivity contribution >= 4 is 50.7 Å². The number of nitro benzene ring substituents is 1. The van der Waals surface area contributed by atoms with Gasteiger partial charge in [0.15, 0.2) is 17.3 Å². The van der Waals surface area contributed by atoms with E-state index in [0.29, 0.717) is 27.9 Å². The molecule has 7 nitrogen and oxygen atoms in total. The Bertz CT molecular complexity index is 1800. The molecule has 3 atom stereocenters. The van der Waals surface area contributed by atoms with Crippen LogP contribution in [0.5, 0.6) is 0 Å². The van der Waals surface area contributed by atoms with Gasteiger partial charge in [0, 0.05) is 44.9 Å². The molecular formula is C33H21BrN2O5. The minimum Gasteiger partial charge on any atom is -0.352 e. The Morgan fingerprint density at radius 2 is 1.54 bits per heavy atom. The van der Waals surface area contributed by atoms with E-state index >= 15 is 0 Å². The predicted molar refractivity (Wildman–Crippen MR) is 157 cm³/mol. The molecule has 3 unspecified atom stereocenters. The maximum Gasteiger partial charge on any atom is 0.269 e. The van der Waals surface area contributed by atoms with Crippen molar-refractivity contribution in [2.24, 2.45) is 5.41 Å². The maximum atomic E-state index is 14.6. The summed E-state index contributed by atoms with van der Waals surface area (Å²) in [5.74, 6) is -2.03. The Morgan fingerprint density at radius 1 is 0.854 bits per heavy atom. The van der Waals surface area contributed by atoms with Gasteiger partial charge < -0.3 is 4.90 Å². The Morgan fingerprint density at radius 3 is 2.22 bits per heavy atom. The summed E-state index contributed by atoms with van der Waals surface area (Å²) < 4.78 is 0.842. The van der Waals surface area contributed by atoms with E-state index in [1.54, 1.807) is 60.7 Å². The smallest absolute Gasteiger partial charge is 0.269 e. The second kappa shape index (κ2) is 9.17. The number of halogens is 1. The number of nitrogens with zero attached hydrogens (tertiary/aromatic N) is 2. The molecular weight excluding hydrogens is 584 g/mol. The average Bonchev–Trinajstić information content (AvgIpc) is 3.43. The molecule has 0 amide bonds. The van der Waals surface area contributed by atoms with Crippen LogP contribution in [-0.4, -0.2) is 34.4 Å². The zero-order valence-electron chi connectivity index (χ0n) is 21.4. The molecule has 3 aliphatic rings. The number of Topliss-reactive ketones (excluding diaryl/α,β-unsaturated/α-hetero) is 3. The fraction of sp³-hybridized carbons (Fsp3) is 0.121. The van der Waals surface area contributed by atoms with Gasteiger partial charge in [-0.2, -0.15) is 0 Å². The number of anilines is 1. The number of hydrogen-bond donors (Lipinski definition) is 0. The number of hydrogen-bond acceptors (Lipinski definition) is 6. The zero-order valence-corrected chi connectivity index (χ0v) is 23.0. The fourth-order valence-corrected chi connectivity index (χ4v) is 7.30. The van der Waals surface area contributed by atoms with Crippen molar-refractivity contribution in [3.8, 4) is 0 Å². The first-order valence-corrected chi connectivity index (χ1v) is 13.9. The molecule has 1 fully saturated rings. The molecule has 0 bridgehead atoms. The highest BCUT2D eigenvalue weighted by molar-refractivity contribution is 9.10. The van der Waals surface area contributed by atoms with Crippen LogP contribution in [0.3, 0.4) is 0 Å².